The highest BCUT2D eigenvalue weighted by Crippen LogP contribution is 2.22. The van der Waals surface area contributed by atoms with Crippen LogP contribution in [0.4, 0.5) is 11.4 Å². The SMILES string of the molecule is O=C(Nc1ccccc1NC(=O)c1cccn(Cc2ccccc2)c1=O)c1ccc(Cl)cc1. The zero-order valence-electron chi connectivity index (χ0n) is 17.5. The van der Waals surface area contributed by atoms with Crippen LogP contribution in [0.1, 0.15) is 26.3 Å². The van der Waals surface area contributed by atoms with Crippen LogP contribution in [0, 0.1) is 0 Å². The van der Waals surface area contributed by atoms with Gasteiger partial charge in [-0.2, -0.15) is 0 Å². The van der Waals surface area contributed by atoms with Crippen molar-refractivity contribution < 1.29 is 9.59 Å². The number of rotatable bonds is 6. The van der Waals surface area contributed by atoms with Gasteiger partial charge in [-0.05, 0) is 54.1 Å². The predicted molar refractivity (Wildman–Crippen MR) is 130 cm³/mol. The van der Waals surface area contributed by atoms with Crippen molar-refractivity contribution in [3.05, 3.63) is 129 Å². The van der Waals surface area contributed by atoms with E-state index < -0.39 is 11.5 Å². The molecule has 0 saturated carbocycles. The van der Waals surface area contributed by atoms with E-state index in [1.807, 2.05) is 30.3 Å². The van der Waals surface area contributed by atoms with Crippen molar-refractivity contribution >= 4 is 34.8 Å². The predicted octanol–water partition coefficient (Wildman–Crippen LogP) is 5.05. The Bertz CT molecular complexity index is 1350. The molecule has 2 amide bonds. The number of carbonyl (C=O) groups is 2. The van der Waals surface area contributed by atoms with Crippen LogP contribution in [0.3, 0.4) is 0 Å². The smallest absolute Gasteiger partial charge is 0.263 e. The molecule has 3 aromatic carbocycles. The van der Waals surface area contributed by atoms with Crippen molar-refractivity contribution in [3.8, 4) is 0 Å². The molecule has 0 fully saturated rings. The molecule has 4 rings (SSSR count). The number of hydrogen-bond donors (Lipinski definition) is 2. The Labute approximate surface area is 195 Å². The molecule has 0 aliphatic carbocycles. The zero-order valence-corrected chi connectivity index (χ0v) is 18.3. The second kappa shape index (κ2) is 9.97. The summed E-state index contributed by atoms with van der Waals surface area (Å²) >= 11 is 5.88. The van der Waals surface area contributed by atoms with E-state index in [4.69, 9.17) is 11.6 Å². The average Bonchev–Trinajstić information content (AvgIpc) is 2.82. The normalized spacial score (nSPS) is 10.5. The lowest BCUT2D eigenvalue weighted by atomic mass is 10.2. The van der Waals surface area contributed by atoms with E-state index in [1.54, 1.807) is 60.8 Å². The van der Waals surface area contributed by atoms with Crippen LogP contribution in [-0.2, 0) is 6.54 Å². The summed E-state index contributed by atoms with van der Waals surface area (Å²) in [6.07, 6.45) is 1.65. The summed E-state index contributed by atoms with van der Waals surface area (Å²) < 4.78 is 1.48. The van der Waals surface area contributed by atoms with Crippen LogP contribution in [-0.4, -0.2) is 16.4 Å². The first kappa shape index (κ1) is 22.0. The van der Waals surface area contributed by atoms with Crippen LogP contribution in [0.2, 0.25) is 5.02 Å². The Morgan fingerprint density at radius 2 is 1.33 bits per heavy atom. The van der Waals surface area contributed by atoms with E-state index in [9.17, 15) is 14.4 Å². The van der Waals surface area contributed by atoms with Crippen LogP contribution < -0.4 is 16.2 Å². The summed E-state index contributed by atoms with van der Waals surface area (Å²) in [4.78, 5) is 38.4. The number of para-hydroxylation sites is 2. The molecule has 0 atom stereocenters. The molecule has 1 aromatic heterocycles. The molecule has 0 spiro atoms. The molecule has 6 nitrogen and oxygen atoms in total. The Kier molecular flexibility index (Phi) is 6.66. The second-order valence-electron chi connectivity index (χ2n) is 7.30. The maximum Gasteiger partial charge on any atom is 0.263 e. The molecule has 33 heavy (non-hydrogen) atoms. The van der Waals surface area contributed by atoms with Gasteiger partial charge in [0.1, 0.15) is 5.56 Å². The summed E-state index contributed by atoms with van der Waals surface area (Å²) in [6.45, 7) is 0.356. The van der Waals surface area contributed by atoms with Crippen LogP contribution in [0.25, 0.3) is 0 Å². The van der Waals surface area contributed by atoms with Gasteiger partial charge in [0.25, 0.3) is 17.4 Å². The van der Waals surface area contributed by atoms with E-state index in [-0.39, 0.29) is 11.5 Å². The number of aromatic nitrogens is 1. The number of hydrogen-bond acceptors (Lipinski definition) is 3. The number of halogens is 1. The third-order valence-electron chi connectivity index (χ3n) is 4.99. The van der Waals surface area contributed by atoms with Crippen molar-refractivity contribution in [1.82, 2.24) is 4.57 Å². The lowest BCUT2D eigenvalue weighted by Crippen LogP contribution is -2.29. The maximum atomic E-state index is 12.9. The summed E-state index contributed by atoms with van der Waals surface area (Å²) in [7, 11) is 0. The fraction of sp³-hybridized carbons (Fsp3) is 0.0385. The van der Waals surface area contributed by atoms with Crippen molar-refractivity contribution in [3.63, 3.8) is 0 Å². The number of carbonyl (C=O) groups excluding carboxylic acids is 2. The van der Waals surface area contributed by atoms with Crippen LogP contribution in [0.15, 0.2) is 102 Å². The molecule has 0 aliphatic heterocycles. The van der Waals surface area contributed by atoms with Gasteiger partial charge in [-0.1, -0.05) is 54.1 Å². The van der Waals surface area contributed by atoms with Gasteiger partial charge >= 0.3 is 0 Å². The third kappa shape index (κ3) is 5.37. The van der Waals surface area contributed by atoms with Gasteiger partial charge in [-0.25, -0.2) is 0 Å². The minimum absolute atomic E-state index is 0.00672. The minimum atomic E-state index is -0.560. The summed E-state index contributed by atoms with van der Waals surface area (Å²) in [5.41, 5.74) is 1.77. The molecule has 2 N–H and O–H groups in total. The van der Waals surface area contributed by atoms with Crippen molar-refractivity contribution in [2.24, 2.45) is 0 Å². The number of amides is 2. The molecule has 164 valence electrons. The molecule has 0 bridgehead atoms. The molecule has 4 aromatic rings. The van der Waals surface area contributed by atoms with Gasteiger partial charge in [0, 0.05) is 16.8 Å². The lowest BCUT2D eigenvalue weighted by Gasteiger charge is -2.13. The summed E-state index contributed by atoms with van der Waals surface area (Å²) in [5, 5.41) is 6.05. The highest BCUT2D eigenvalue weighted by atomic mass is 35.5. The standard InChI is InChI=1S/C26H20ClN3O3/c27-20-14-12-19(13-15-20)24(31)28-22-10-4-5-11-23(22)29-25(32)21-9-6-16-30(26(21)33)17-18-7-2-1-3-8-18/h1-16H,17H2,(H,28,31)(H,29,32). The molecule has 7 heteroatoms. The molecule has 0 radical (unpaired) electrons. The Morgan fingerprint density at radius 1 is 0.727 bits per heavy atom. The fourth-order valence-electron chi connectivity index (χ4n) is 3.30. The number of nitrogens with one attached hydrogen (secondary N) is 2. The summed E-state index contributed by atoms with van der Waals surface area (Å²) in [5.74, 6) is -0.908. The van der Waals surface area contributed by atoms with Crippen molar-refractivity contribution in [1.29, 1.82) is 0 Å². The first-order valence-electron chi connectivity index (χ1n) is 10.2. The highest BCUT2D eigenvalue weighted by molar-refractivity contribution is 6.30. The molecular weight excluding hydrogens is 438 g/mol. The summed E-state index contributed by atoms with van der Waals surface area (Å²) in [6, 6.07) is 25.9. The highest BCUT2D eigenvalue weighted by Gasteiger charge is 2.15. The molecule has 1 heterocycles. The van der Waals surface area contributed by atoms with Gasteiger partial charge < -0.3 is 15.2 Å². The van der Waals surface area contributed by atoms with Crippen LogP contribution >= 0.6 is 11.6 Å². The Balaban J connectivity index is 1.54. The first-order chi connectivity index (χ1) is 16.0. The number of nitrogens with zero attached hydrogens (tertiary/aromatic N) is 1. The first-order valence-corrected chi connectivity index (χ1v) is 10.6. The molecular formula is C26H20ClN3O3. The van der Waals surface area contributed by atoms with Gasteiger partial charge in [-0.15, -0.1) is 0 Å². The number of pyridine rings is 1. The minimum Gasteiger partial charge on any atom is -0.320 e. The monoisotopic (exact) mass is 457 g/mol. The van der Waals surface area contributed by atoms with Crippen molar-refractivity contribution in [2.75, 3.05) is 10.6 Å². The van der Waals surface area contributed by atoms with E-state index in [1.165, 1.54) is 10.6 Å². The fourth-order valence-corrected chi connectivity index (χ4v) is 3.43. The molecule has 0 unspecified atom stereocenters. The van der Waals surface area contributed by atoms with E-state index in [2.05, 4.69) is 10.6 Å². The topological polar surface area (TPSA) is 80.2 Å². The van der Waals surface area contributed by atoms with E-state index in [0.717, 1.165) is 5.56 Å². The molecule has 0 aliphatic rings. The Morgan fingerprint density at radius 3 is 2.00 bits per heavy atom. The molecule has 0 saturated heterocycles. The quantitative estimate of drug-likeness (QED) is 0.425. The largest absolute Gasteiger partial charge is 0.320 e. The number of benzene rings is 3. The second-order valence-corrected chi connectivity index (χ2v) is 7.74. The van der Waals surface area contributed by atoms with Gasteiger partial charge in [-0.3, -0.25) is 14.4 Å². The van der Waals surface area contributed by atoms with Crippen LogP contribution in [0.5, 0.6) is 0 Å². The average molecular weight is 458 g/mol. The lowest BCUT2D eigenvalue weighted by molar-refractivity contribution is 0.101. The van der Waals surface area contributed by atoms with Crippen molar-refractivity contribution in [2.45, 2.75) is 6.54 Å². The number of anilines is 2. The maximum absolute atomic E-state index is 12.9. The van der Waals surface area contributed by atoms with E-state index in [0.29, 0.717) is 28.5 Å². The van der Waals surface area contributed by atoms with E-state index >= 15 is 0 Å². The van der Waals surface area contributed by atoms with Gasteiger partial charge in [0.15, 0.2) is 0 Å². The van der Waals surface area contributed by atoms with Gasteiger partial charge in [0.2, 0.25) is 0 Å². The Hall–Kier alpha value is -4.16. The van der Waals surface area contributed by atoms with Gasteiger partial charge in [0.05, 0.1) is 17.9 Å². The zero-order chi connectivity index (χ0) is 23.2. The third-order valence-corrected chi connectivity index (χ3v) is 5.24.